The van der Waals surface area contributed by atoms with Gasteiger partial charge in [-0.1, -0.05) is 11.6 Å². The zero-order chi connectivity index (χ0) is 20.4. The minimum atomic E-state index is -3.35. The number of carbonyl (C=O) groups is 1. The van der Waals surface area contributed by atoms with Gasteiger partial charge in [-0.05, 0) is 68.1 Å². The Morgan fingerprint density at radius 2 is 1.55 bits per heavy atom. The second kappa shape index (κ2) is 8.24. The van der Waals surface area contributed by atoms with Crippen molar-refractivity contribution in [3.05, 3.63) is 53.1 Å². The van der Waals surface area contributed by atoms with E-state index in [2.05, 4.69) is 10.2 Å². The Kier molecular flexibility index (Phi) is 5.69. The average molecular weight is 434 g/mol. The fraction of sp³-hybridized carbons (Fsp3) is 0.381. The summed E-state index contributed by atoms with van der Waals surface area (Å²) in [5.74, 6) is -0.235. The molecule has 0 atom stereocenters. The van der Waals surface area contributed by atoms with E-state index < -0.39 is 10.0 Å². The number of nitrogens with zero attached hydrogens (tertiary/aromatic N) is 2. The maximum Gasteiger partial charge on any atom is 0.257 e. The van der Waals surface area contributed by atoms with Gasteiger partial charge in [0.15, 0.2) is 0 Å². The van der Waals surface area contributed by atoms with Crippen molar-refractivity contribution >= 4 is 44.6 Å². The third kappa shape index (κ3) is 4.36. The SMILES string of the molecule is O=C(Nc1ccc(N2CCCC2)cc1)c1cc(N2CCCCS2(=O)=O)ccc1Cl. The quantitative estimate of drug-likeness (QED) is 0.787. The monoisotopic (exact) mass is 433 g/mol. The van der Waals surface area contributed by atoms with Gasteiger partial charge in [0.1, 0.15) is 0 Å². The van der Waals surface area contributed by atoms with E-state index in [1.807, 2.05) is 24.3 Å². The number of anilines is 3. The summed E-state index contributed by atoms with van der Waals surface area (Å²) in [5, 5.41) is 3.14. The van der Waals surface area contributed by atoms with E-state index in [0.717, 1.165) is 25.2 Å². The van der Waals surface area contributed by atoms with Crippen molar-refractivity contribution in [1.82, 2.24) is 0 Å². The molecule has 0 unspecified atom stereocenters. The number of hydrogen-bond donors (Lipinski definition) is 1. The van der Waals surface area contributed by atoms with Crippen LogP contribution in [0.3, 0.4) is 0 Å². The summed E-state index contributed by atoms with van der Waals surface area (Å²) >= 11 is 6.24. The molecule has 2 aliphatic rings. The normalized spacial score (nSPS) is 18.7. The van der Waals surface area contributed by atoms with Crippen LogP contribution in [-0.4, -0.2) is 39.7 Å². The first-order valence-electron chi connectivity index (χ1n) is 9.90. The highest BCUT2D eigenvalue weighted by Gasteiger charge is 2.27. The summed E-state index contributed by atoms with van der Waals surface area (Å²) in [7, 11) is -3.35. The highest BCUT2D eigenvalue weighted by molar-refractivity contribution is 7.92. The number of nitrogens with one attached hydrogen (secondary N) is 1. The predicted molar refractivity (Wildman–Crippen MR) is 118 cm³/mol. The van der Waals surface area contributed by atoms with Crippen molar-refractivity contribution < 1.29 is 13.2 Å². The van der Waals surface area contributed by atoms with Gasteiger partial charge in [0.2, 0.25) is 10.0 Å². The molecule has 4 rings (SSSR count). The van der Waals surface area contributed by atoms with E-state index >= 15 is 0 Å². The number of rotatable bonds is 4. The molecule has 29 heavy (non-hydrogen) atoms. The zero-order valence-electron chi connectivity index (χ0n) is 16.1. The van der Waals surface area contributed by atoms with Crippen LogP contribution in [0.15, 0.2) is 42.5 Å². The maximum absolute atomic E-state index is 12.8. The molecule has 8 heteroatoms. The molecule has 1 N–H and O–H groups in total. The molecule has 0 radical (unpaired) electrons. The molecule has 2 fully saturated rings. The molecule has 2 aliphatic heterocycles. The summed E-state index contributed by atoms with van der Waals surface area (Å²) in [5.41, 5.74) is 2.55. The lowest BCUT2D eigenvalue weighted by molar-refractivity contribution is 0.102. The van der Waals surface area contributed by atoms with Gasteiger partial charge in [0.05, 0.1) is 22.0 Å². The van der Waals surface area contributed by atoms with Crippen LogP contribution in [0.4, 0.5) is 17.1 Å². The van der Waals surface area contributed by atoms with Gasteiger partial charge in [0, 0.05) is 31.0 Å². The van der Waals surface area contributed by atoms with Gasteiger partial charge in [-0.25, -0.2) is 8.42 Å². The topological polar surface area (TPSA) is 69.7 Å². The van der Waals surface area contributed by atoms with Crippen LogP contribution in [0.25, 0.3) is 0 Å². The van der Waals surface area contributed by atoms with Crippen molar-refractivity contribution in [3.63, 3.8) is 0 Å². The Morgan fingerprint density at radius 3 is 2.24 bits per heavy atom. The fourth-order valence-electron chi connectivity index (χ4n) is 3.85. The van der Waals surface area contributed by atoms with Crippen LogP contribution in [0, 0.1) is 0 Å². The zero-order valence-corrected chi connectivity index (χ0v) is 17.7. The third-order valence-electron chi connectivity index (χ3n) is 5.43. The molecule has 2 saturated heterocycles. The molecule has 154 valence electrons. The highest BCUT2D eigenvalue weighted by Crippen LogP contribution is 2.29. The highest BCUT2D eigenvalue weighted by atomic mass is 35.5. The Morgan fingerprint density at radius 1 is 0.897 bits per heavy atom. The fourth-order valence-corrected chi connectivity index (χ4v) is 5.69. The summed E-state index contributed by atoms with van der Waals surface area (Å²) in [4.78, 5) is 15.1. The number of halogens is 1. The molecule has 2 aromatic carbocycles. The lowest BCUT2D eigenvalue weighted by Gasteiger charge is -2.28. The van der Waals surface area contributed by atoms with Crippen LogP contribution >= 0.6 is 11.6 Å². The van der Waals surface area contributed by atoms with E-state index in [1.165, 1.54) is 17.1 Å². The van der Waals surface area contributed by atoms with Gasteiger partial charge in [-0.15, -0.1) is 0 Å². The molecule has 6 nitrogen and oxygen atoms in total. The Labute approximate surface area is 176 Å². The van der Waals surface area contributed by atoms with Gasteiger partial charge in [-0.3, -0.25) is 9.10 Å². The smallest absolute Gasteiger partial charge is 0.257 e. The van der Waals surface area contributed by atoms with E-state index in [4.69, 9.17) is 11.6 Å². The van der Waals surface area contributed by atoms with Gasteiger partial charge >= 0.3 is 0 Å². The number of benzene rings is 2. The first kappa shape index (κ1) is 20.0. The minimum absolute atomic E-state index is 0.126. The molecule has 0 spiro atoms. The average Bonchev–Trinajstić information content (AvgIpc) is 3.24. The van der Waals surface area contributed by atoms with Gasteiger partial charge in [0.25, 0.3) is 5.91 Å². The molecule has 2 heterocycles. The van der Waals surface area contributed by atoms with Crippen LogP contribution in [0.1, 0.15) is 36.0 Å². The number of hydrogen-bond acceptors (Lipinski definition) is 4. The van der Waals surface area contributed by atoms with Crippen LogP contribution < -0.4 is 14.5 Å². The van der Waals surface area contributed by atoms with E-state index in [0.29, 0.717) is 24.3 Å². The van der Waals surface area contributed by atoms with Crippen molar-refractivity contribution in [3.8, 4) is 0 Å². The molecule has 0 aliphatic carbocycles. The number of sulfonamides is 1. The van der Waals surface area contributed by atoms with Gasteiger partial charge in [-0.2, -0.15) is 0 Å². The second-order valence-electron chi connectivity index (χ2n) is 7.45. The summed E-state index contributed by atoms with van der Waals surface area (Å²) in [6, 6.07) is 12.5. The predicted octanol–water partition coefficient (Wildman–Crippen LogP) is 4.12. The largest absolute Gasteiger partial charge is 0.372 e. The van der Waals surface area contributed by atoms with Crippen molar-refractivity contribution in [2.45, 2.75) is 25.7 Å². The van der Waals surface area contributed by atoms with Crippen LogP contribution in [0.2, 0.25) is 5.02 Å². The molecular weight excluding hydrogens is 410 g/mol. The molecule has 2 aromatic rings. The van der Waals surface area contributed by atoms with Gasteiger partial charge < -0.3 is 10.2 Å². The number of amides is 1. The standard InChI is InChI=1S/C21H24ClN3O3S/c22-20-10-9-18(25-13-3-4-14-29(25,27)28)15-19(20)21(26)23-16-5-7-17(8-6-16)24-11-1-2-12-24/h5-10,15H,1-4,11-14H2,(H,23,26). The van der Waals surface area contributed by atoms with E-state index in [-0.39, 0.29) is 22.2 Å². The summed E-state index contributed by atoms with van der Waals surface area (Å²) in [6.45, 7) is 2.55. The van der Waals surface area contributed by atoms with E-state index in [9.17, 15) is 13.2 Å². The molecule has 1 amide bonds. The van der Waals surface area contributed by atoms with E-state index in [1.54, 1.807) is 18.2 Å². The van der Waals surface area contributed by atoms with Crippen molar-refractivity contribution in [2.75, 3.05) is 39.9 Å². The van der Waals surface area contributed by atoms with Crippen molar-refractivity contribution in [2.24, 2.45) is 0 Å². The van der Waals surface area contributed by atoms with Crippen LogP contribution in [0.5, 0.6) is 0 Å². The van der Waals surface area contributed by atoms with Crippen molar-refractivity contribution in [1.29, 1.82) is 0 Å². The molecular formula is C21H24ClN3O3S. The molecule has 0 aromatic heterocycles. The number of carbonyl (C=O) groups excluding carboxylic acids is 1. The Bertz CT molecular complexity index is 1000. The lowest BCUT2D eigenvalue weighted by Crippen LogP contribution is -2.38. The first-order chi connectivity index (χ1) is 13.9. The third-order valence-corrected chi connectivity index (χ3v) is 7.63. The summed E-state index contributed by atoms with van der Waals surface area (Å²) < 4.78 is 26.1. The second-order valence-corrected chi connectivity index (χ2v) is 9.87. The summed E-state index contributed by atoms with van der Waals surface area (Å²) in [6.07, 6.45) is 3.88. The maximum atomic E-state index is 12.8. The molecule has 0 saturated carbocycles. The molecule has 0 bridgehead atoms. The Balaban J connectivity index is 1.52. The Hall–Kier alpha value is -2.25. The first-order valence-corrected chi connectivity index (χ1v) is 11.9. The minimum Gasteiger partial charge on any atom is -0.372 e. The lowest BCUT2D eigenvalue weighted by atomic mass is 10.1. The van der Waals surface area contributed by atoms with Crippen LogP contribution in [-0.2, 0) is 10.0 Å².